The second kappa shape index (κ2) is 6.11. The topological polar surface area (TPSA) is 67.2 Å². The average Bonchev–Trinajstić information content (AvgIpc) is 3.09. The Hall–Kier alpha value is -2.63. The maximum absolute atomic E-state index is 13.1. The molecule has 0 spiro atoms. The fourth-order valence-electron chi connectivity index (χ4n) is 3.21. The van der Waals surface area contributed by atoms with E-state index in [1.807, 2.05) is 18.2 Å². The summed E-state index contributed by atoms with van der Waals surface area (Å²) in [4.78, 5) is 31.2. The number of amides is 2. The van der Waals surface area contributed by atoms with E-state index < -0.39 is 6.04 Å². The summed E-state index contributed by atoms with van der Waals surface area (Å²) in [6.45, 7) is 0.660. The van der Waals surface area contributed by atoms with E-state index in [-0.39, 0.29) is 18.2 Å². The second-order valence-electron chi connectivity index (χ2n) is 6.44. The Morgan fingerprint density at radius 2 is 2.12 bits per heavy atom. The molecule has 1 aliphatic heterocycles. The maximum atomic E-state index is 13.1. The standard InChI is InChI=1S/C18H20N4O2/c23-17(20-14-5-6-14)11-16(21-10-8-19-12-21)18(24)22-9-7-13-3-1-2-4-15(13)22/h1-4,8,10,12,14,16H,5-7,9,11H2,(H,20,23). The molecule has 4 rings (SSSR count). The van der Waals surface area contributed by atoms with Gasteiger partial charge < -0.3 is 14.8 Å². The number of rotatable bonds is 5. The summed E-state index contributed by atoms with van der Waals surface area (Å²) >= 11 is 0. The first-order valence-electron chi connectivity index (χ1n) is 8.38. The number of fused-ring (bicyclic) bond motifs is 1. The molecule has 2 aromatic rings. The average molecular weight is 324 g/mol. The number of benzene rings is 1. The van der Waals surface area contributed by atoms with Crippen LogP contribution in [-0.4, -0.2) is 34.0 Å². The summed E-state index contributed by atoms with van der Waals surface area (Å²) in [6.07, 6.45) is 8.06. The molecule has 2 heterocycles. The summed E-state index contributed by atoms with van der Waals surface area (Å²) in [5.41, 5.74) is 2.13. The molecule has 6 nitrogen and oxygen atoms in total. The maximum Gasteiger partial charge on any atom is 0.250 e. The van der Waals surface area contributed by atoms with E-state index in [1.54, 1.807) is 28.2 Å². The van der Waals surface area contributed by atoms with Crippen molar-refractivity contribution >= 4 is 17.5 Å². The van der Waals surface area contributed by atoms with Crippen molar-refractivity contribution in [2.24, 2.45) is 0 Å². The Balaban J connectivity index is 1.56. The summed E-state index contributed by atoms with van der Waals surface area (Å²) in [6, 6.07) is 7.69. The lowest BCUT2D eigenvalue weighted by Crippen LogP contribution is -2.39. The largest absolute Gasteiger partial charge is 0.353 e. The zero-order valence-electron chi connectivity index (χ0n) is 13.4. The monoisotopic (exact) mass is 324 g/mol. The van der Waals surface area contributed by atoms with Crippen LogP contribution in [0.1, 0.15) is 30.9 Å². The number of hydrogen-bond donors (Lipinski definition) is 1. The van der Waals surface area contributed by atoms with Crippen LogP contribution in [0.25, 0.3) is 0 Å². The van der Waals surface area contributed by atoms with Crippen molar-refractivity contribution in [3.63, 3.8) is 0 Å². The van der Waals surface area contributed by atoms with E-state index in [2.05, 4.69) is 16.4 Å². The molecule has 124 valence electrons. The van der Waals surface area contributed by atoms with E-state index >= 15 is 0 Å². The van der Waals surface area contributed by atoms with Crippen LogP contribution in [0.3, 0.4) is 0 Å². The first-order valence-corrected chi connectivity index (χ1v) is 8.38. The smallest absolute Gasteiger partial charge is 0.250 e. The van der Waals surface area contributed by atoms with Gasteiger partial charge in [-0.1, -0.05) is 18.2 Å². The van der Waals surface area contributed by atoms with Gasteiger partial charge in [-0.2, -0.15) is 0 Å². The van der Waals surface area contributed by atoms with Gasteiger partial charge in [-0.05, 0) is 30.9 Å². The third-order valence-corrected chi connectivity index (χ3v) is 4.64. The Bertz CT molecular complexity index is 752. The van der Waals surface area contributed by atoms with Gasteiger partial charge in [0.05, 0.1) is 12.7 Å². The van der Waals surface area contributed by atoms with Gasteiger partial charge in [0.1, 0.15) is 6.04 Å². The molecule has 0 radical (unpaired) electrons. The highest BCUT2D eigenvalue weighted by Crippen LogP contribution is 2.30. The molecule has 2 amide bonds. The zero-order chi connectivity index (χ0) is 16.5. The summed E-state index contributed by atoms with van der Waals surface area (Å²) in [5.74, 6) is -0.124. The fourth-order valence-corrected chi connectivity index (χ4v) is 3.21. The molecule has 1 N–H and O–H groups in total. The molecule has 1 aromatic heterocycles. The van der Waals surface area contributed by atoms with Gasteiger partial charge in [-0.25, -0.2) is 4.98 Å². The molecule has 1 saturated carbocycles. The molecule has 1 atom stereocenters. The van der Waals surface area contributed by atoms with Crippen LogP contribution in [0, 0.1) is 0 Å². The Morgan fingerprint density at radius 1 is 1.29 bits per heavy atom. The normalized spacial score (nSPS) is 17.4. The van der Waals surface area contributed by atoms with Crippen LogP contribution in [0.4, 0.5) is 5.69 Å². The molecule has 6 heteroatoms. The fraction of sp³-hybridized carbons (Fsp3) is 0.389. The number of nitrogens with zero attached hydrogens (tertiary/aromatic N) is 3. The Morgan fingerprint density at radius 3 is 2.88 bits per heavy atom. The summed E-state index contributed by atoms with van der Waals surface area (Å²) in [7, 11) is 0. The highest BCUT2D eigenvalue weighted by atomic mass is 16.2. The van der Waals surface area contributed by atoms with Crippen LogP contribution in [0.5, 0.6) is 0 Å². The lowest BCUT2D eigenvalue weighted by Gasteiger charge is -2.24. The van der Waals surface area contributed by atoms with E-state index in [1.165, 1.54) is 5.56 Å². The number of carbonyl (C=O) groups is 2. The minimum atomic E-state index is -0.558. The van der Waals surface area contributed by atoms with Crippen molar-refractivity contribution in [1.29, 1.82) is 0 Å². The van der Waals surface area contributed by atoms with Gasteiger partial charge in [-0.15, -0.1) is 0 Å². The Kier molecular flexibility index (Phi) is 3.80. The van der Waals surface area contributed by atoms with Gasteiger partial charge in [0.2, 0.25) is 5.91 Å². The van der Waals surface area contributed by atoms with Crippen molar-refractivity contribution in [2.45, 2.75) is 37.8 Å². The molecule has 2 aliphatic rings. The molecular weight excluding hydrogens is 304 g/mol. The Labute approximate surface area is 140 Å². The van der Waals surface area contributed by atoms with E-state index in [0.29, 0.717) is 12.6 Å². The quantitative estimate of drug-likeness (QED) is 0.910. The number of para-hydroxylation sites is 1. The highest BCUT2D eigenvalue weighted by Gasteiger charge is 2.33. The number of aromatic nitrogens is 2. The molecule has 0 saturated heterocycles. The first-order chi connectivity index (χ1) is 11.7. The lowest BCUT2D eigenvalue weighted by atomic mass is 10.1. The summed E-state index contributed by atoms with van der Waals surface area (Å²) in [5, 5.41) is 2.97. The minimum absolute atomic E-state index is 0.0519. The highest BCUT2D eigenvalue weighted by molar-refractivity contribution is 6.00. The van der Waals surface area contributed by atoms with E-state index in [0.717, 1.165) is 24.9 Å². The number of anilines is 1. The molecule has 24 heavy (non-hydrogen) atoms. The van der Waals surface area contributed by atoms with Crippen molar-refractivity contribution in [3.8, 4) is 0 Å². The third-order valence-electron chi connectivity index (χ3n) is 4.64. The molecule has 1 aromatic carbocycles. The van der Waals surface area contributed by atoms with Crippen molar-refractivity contribution in [3.05, 3.63) is 48.5 Å². The van der Waals surface area contributed by atoms with Crippen LogP contribution < -0.4 is 10.2 Å². The van der Waals surface area contributed by atoms with Crippen molar-refractivity contribution in [1.82, 2.24) is 14.9 Å². The van der Waals surface area contributed by atoms with Gasteiger partial charge in [0.25, 0.3) is 5.91 Å². The van der Waals surface area contributed by atoms with Crippen LogP contribution in [-0.2, 0) is 16.0 Å². The number of carbonyl (C=O) groups excluding carboxylic acids is 2. The van der Waals surface area contributed by atoms with Gasteiger partial charge in [0, 0.05) is 30.7 Å². The SMILES string of the molecule is O=C(CC(C(=O)N1CCc2ccccc21)n1ccnc1)NC1CC1. The molecule has 1 aliphatic carbocycles. The van der Waals surface area contributed by atoms with Gasteiger partial charge in [0.15, 0.2) is 0 Å². The predicted molar refractivity (Wildman–Crippen MR) is 89.5 cm³/mol. The second-order valence-corrected chi connectivity index (χ2v) is 6.44. The van der Waals surface area contributed by atoms with Crippen LogP contribution >= 0.6 is 0 Å². The van der Waals surface area contributed by atoms with Gasteiger partial charge in [-0.3, -0.25) is 9.59 Å². The first kappa shape index (κ1) is 14.9. The molecule has 1 fully saturated rings. The predicted octanol–water partition coefficient (Wildman–Crippen LogP) is 1.68. The zero-order valence-corrected chi connectivity index (χ0v) is 13.4. The van der Waals surface area contributed by atoms with Crippen LogP contribution in [0.15, 0.2) is 43.0 Å². The van der Waals surface area contributed by atoms with Gasteiger partial charge >= 0.3 is 0 Å². The van der Waals surface area contributed by atoms with E-state index in [9.17, 15) is 9.59 Å². The summed E-state index contributed by atoms with van der Waals surface area (Å²) < 4.78 is 1.73. The molecular formula is C18H20N4O2. The van der Waals surface area contributed by atoms with Crippen LogP contribution in [0.2, 0.25) is 0 Å². The lowest BCUT2D eigenvalue weighted by molar-refractivity contribution is -0.128. The number of nitrogens with one attached hydrogen (secondary N) is 1. The van der Waals surface area contributed by atoms with Crippen molar-refractivity contribution in [2.75, 3.05) is 11.4 Å². The third kappa shape index (κ3) is 2.91. The number of imidazole rings is 1. The molecule has 0 bridgehead atoms. The number of hydrogen-bond acceptors (Lipinski definition) is 3. The van der Waals surface area contributed by atoms with Crippen molar-refractivity contribution < 1.29 is 9.59 Å². The van der Waals surface area contributed by atoms with E-state index in [4.69, 9.17) is 0 Å². The molecule has 1 unspecified atom stereocenters. The minimum Gasteiger partial charge on any atom is -0.353 e.